The molecule has 0 atom stereocenters. The van der Waals surface area contributed by atoms with E-state index in [0.717, 1.165) is 12.8 Å². The molecule has 0 saturated carbocycles. The first-order valence-electron chi connectivity index (χ1n) is 5.11. The van der Waals surface area contributed by atoms with Gasteiger partial charge in [-0.25, -0.2) is 0 Å². The summed E-state index contributed by atoms with van der Waals surface area (Å²) in [7, 11) is 0. The second kappa shape index (κ2) is 7.29. The van der Waals surface area contributed by atoms with Gasteiger partial charge in [0.05, 0.1) is 6.42 Å². The summed E-state index contributed by atoms with van der Waals surface area (Å²) in [4.78, 5) is 10.2. The number of hydrogen-bond donors (Lipinski definition) is 1. The number of benzene rings is 1. The summed E-state index contributed by atoms with van der Waals surface area (Å²) in [5.74, 6) is 5.09. The van der Waals surface area contributed by atoms with Gasteiger partial charge >= 0.3 is 5.97 Å². The van der Waals surface area contributed by atoms with E-state index in [1.54, 1.807) is 0 Å². The quantitative estimate of drug-likeness (QED) is 0.681. The highest BCUT2D eigenvalue weighted by Crippen LogP contribution is 2.12. The van der Waals surface area contributed by atoms with Crippen LogP contribution in [0.5, 0.6) is 0 Å². The van der Waals surface area contributed by atoms with Gasteiger partial charge in [0.1, 0.15) is 0 Å². The van der Waals surface area contributed by atoms with E-state index >= 15 is 0 Å². The summed E-state index contributed by atoms with van der Waals surface area (Å²) in [6.45, 7) is 0. The van der Waals surface area contributed by atoms with Crippen LogP contribution in [-0.4, -0.2) is 11.1 Å². The van der Waals surface area contributed by atoms with Gasteiger partial charge in [-0.1, -0.05) is 18.2 Å². The van der Waals surface area contributed by atoms with Gasteiger partial charge < -0.3 is 5.11 Å². The summed E-state index contributed by atoms with van der Waals surface area (Å²) in [5.41, 5.74) is 1.30. The van der Waals surface area contributed by atoms with Crippen molar-refractivity contribution in [2.24, 2.45) is 0 Å². The van der Waals surface area contributed by atoms with Gasteiger partial charge in [-0.2, -0.15) is 0 Å². The minimum Gasteiger partial charge on any atom is -0.481 e. The molecule has 2 nitrogen and oxygen atoms in total. The molecule has 84 valence electrons. The highest BCUT2D eigenvalue weighted by atomic mass is 127. The minimum atomic E-state index is -0.785. The first kappa shape index (κ1) is 13.0. The van der Waals surface area contributed by atoms with E-state index in [4.69, 9.17) is 5.11 Å². The number of carboxylic acid groups (broad SMARTS) is 1. The number of halogens is 1. The molecule has 16 heavy (non-hydrogen) atoms. The van der Waals surface area contributed by atoms with E-state index in [1.165, 1.54) is 9.13 Å². The smallest absolute Gasteiger partial charge is 0.304 e. The second-order valence-electron chi connectivity index (χ2n) is 3.34. The number of carboxylic acids is 1. The molecule has 0 aliphatic carbocycles. The van der Waals surface area contributed by atoms with Crippen LogP contribution in [0.3, 0.4) is 0 Å². The minimum absolute atomic E-state index is 0.135. The third-order valence-corrected chi connectivity index (χ3v) is 3.12. The van der Waals surface area contributed by atoms with Crippen molar-refractivity contribution in [2.45, 2.75) is 25.7 Å². The molecule has 0 amide bonds. The van der Waals surface area contributed by atoms with Crippen LogP contribution in [-0.2, 0) is 11.2 Å². The Hall–Kier alpha value is -1.02. The first-order chi connectivity index (χ1) is 7.70. The maximum Gasteiger partial charge on any atom is 0.304 e. The van der Waals surface area contributed by atoms with E-state index in [9.17, 15) is 4.79 Å². The van der Waals surface area contributed by atoms with E-state index < -0.39 is 5.97 Å². The van der Waals surface area contributed by atoms with Crippen LogP contribution < -0.4 is 0 Å². The Kier molecular flexibility index (Phi) is 5.94. The summed E-state index contributed by atoms with van der Waals surface area (Å²) in [6, 6.07) is 8.22. The molecule has 3 heteroatoms. The summed E-state index contributed by atoms with van der Waals surface area (Å²) < 4.78 is 1.26. The van der Waals surface area contributed by atoms with Crippen molar-refractivity contribution in [3.63, 3.8) is 0 Å². The number of carbonyl (C=O) groups is 1. The zero-order valence-corrected chi connectivity index (χ0v) is 11.0. The molecule has 0 saturated heterocycles. The summed E-state index contributed by atoms with van der Waals surface area (Å²) >= 11 is 2.31. The standard InChI is InChI=1S/C13H13IO2/c14-12-9-6-5-8-11(12)7-3-1-2-4-10-13(15)16/h5-6,8-9H,3-4,7,10H2,(H,15,16). The molecule has 0 heterocycles. The van der Waals surface area contributed by atoms with Crippen LogP contribution in [0, 0.1) is 15.4 Å². The molecule has 1 rings (SSSR count). The third kappa shape index (κ3) is 5.17. The van der Waals surface area contributed by atoms with Gasteiger partial charge in [0.25, 0.3) is 0 Å². The molecule has 0 fully saturated rings. The van der Waals surface area contributed by atoms with Crippen molar-refractivity contribution in [1.82, 2.24) is 0 Å². The van der Waals surface area contributed by atoms with E-state index in [-0.39, 0.29) is 6.42 Å². The Morgan fingerprint density at radius 3 is 2.62 bits per heavy atom. The lowest BCUT2D eigenvalue weighted by molar-refractivity contribution is -0.136. The van der Waals surface area contributed by atoms with Crippen molar-refractivity contribution in [1.29, 1.82) is 0 Å². The normalized spacial score (nSPS) is 9.31. The molecule has 1 aromatic rings. The van der Waals surface area contributed by atoms with Gasteiger partial charge in [-0.3, -0.25) is 4.79 Å². The Labute approximate surface area is 109 Å². The molecule has 1 N–H and O–H groups in total. The lowest BCUT2D eigenvalue weighted by Crippen LogP contribution is -1.92. The Morgan fingerprint density at radius 1 is 1.25 bits per heavy atom. The molecule has 0 aliphatic rings. The zero-order valence-electron chi connectivity index (χ0n) is 8.87. The molecule has 0 bridgehead atoms. The van der Waals surface area contributed by atoms with Gasteiger partial charge in [0.2, 0.25) is 0 Å². The fraction of sp³-hybridized carbons (Fsp3) is 0.308. The average molecular weight is 328 g/mol. The topological polar surface area (TPSA) is 37.3 Å². The number of aryl methyl sites for hydroxylation is 1. The summed E-state index contributed by atoms with van der Waals surface area (Å²) in [5, 5.41) is 8.42. The van der Waals surface area contributed by atoms with E-state index in [1.807, 2.05) is 12.1 Å². The van der Waals surface area contributed by atoms with Crippen LogP contribution in [0.25, 0.3) is 0 Å². The maximum atomic E-state index is 10.2. The van der Waals surface area contributed by atoms with Crippen molar-refractivity contribution in [3.05, 3.63) is 33.4 Å². The van der Waals surface area contributed by atoms with Crippen LogP contribution >= 0.6 is 22.6 Å². The zero-order chi connectivity index (χ0) is 11.8. The Morgan fingerprint density at radius 2 is 1.94 bits per heavy atom. The highest BCUT2D eigenvalue weighted by molar-refractivity contribution is 14.1. The lowest BCUT2D eigenvalue weighted by Gasteiger charge is -1.99. The highest BCUT2D eigenvalue weighted by Gasteiger charge is 1.96. The molecule has 0 aromatic heterocycles. The van der Waals surface area contributed by atoms with Crippen LogP contribution in [0.4, 0.5) is 0 Å². The SMILES string of the molecule is O=C(O)CCC#CCCc1ccccc1I. The fourth-order valence-corrected chi connectivity index (χ4v) is 1.90. The van der Waals surface area contributed by atoms with Gasteiger partial charge in [0.15, 0.2) is 0 Å². The number of hydrogen-bond acceptors (Lipinski definition) is 1. The Balaban J connectivity index is 2.30. The molecule has 0 radical (unpaired) electrons. The van der Waals surface area contributed by atoms with Gasteiger partial charge in [0, 0.05) is 16.4 Å². The summed E-state index contributed by atoms with van der Waals surface area (Å²) in [6.07, 6.45) is 2.30. The van der Waals surface area contributed by atoms with E-state index in [0.29, 0.717) is 6.42 Å². The largest absolute Gasteiger partial charge is 0.481 e. The number of rotatable bonds is 4. The first-order valence-corrected chi connectivity index (χ1v) is 6.19. The lowest BCUT2D eigenvalue weighted by atomic mass is 10.1. The van der Waals surface area contributed by atoms with Crippen LogP contribution in [0.1, 0.15) is 24.8 Å². The van der Waals surface area contributed by atoms with Crippen molar-refractivity contribution in [2.75, 3.05) is 0 Å². The molecule has 0 unspecified atom stereocenters. The molecule has 0 spiro atoms. The number of aliphatic carboxylic acids is 1. The fourth-order valence-electron chi connectivity index (χ4n) is 1.24. The third-order valence-electron chi connectivity index (χ3n) is 2.07. The molecular weight excluding hydrogens is 315 g/mol. The van der Waals surface area contributed by atoms with Gasteiger partial charge in [-0.15, -0.1) is 11.8 Å². The van der Waals surface area contributed by atoms with Crippen LogP contribution in [0.15, 0.2) is 24.3 Å². The van der Waals surface area contributed by atoms with Crippen molar-refractivity contribution in [3.8, 4) is 11.8 Å². The molecule has 0 aliphatic heterocycles. The van der Waals surface area contributed by atoms with Crippen LogP contribution in [0.2, 0.25) is 0 Å². The second-order valence-corrected chi connectivity index (χ2v) is 4.50. The molecular formula is C13H13IO2. The van der Waals surface area contributed by atoms with Crippen molar-refractivity contribution < 1.29 is 9.90 Å². The maximum absolute atomic E-state index is 10.2. The van der Waals surface area contributed by atoms with Gasteiger partial charge in [-0.05, 0) is 40.6 Å². The predicted molar refractivity (Wildman–Crippen MR) is 72.1 cm³/mol. The monoisotopic (exact) mass is 328 g/mol. The molecule has 1 aromatic carbocycles. The Bertz CT molecular complexity index is 415. The predicted octanol–water partition coefficient (Wildman–Crippen LogP) is 3.09. The average Bonchev–Trinajstić information content (AvgIpc) is 2.25. The van der Waals surface area contributed by atoms with E-state index in [2.05, 4.69) is 46.6 Å². The van der Waals surface area contributed by atoms with Crippen molar-refractivity contribution >= 4 is 28.6 Å².